The Hall–Kier alpha value is -2.62. The van der Waals surface area contributed by atoms with E-state index in [9.17, 15) is 18.0 Å². The van der Waals surface area contributed by atoms with Crippen molar-refractivity contribution in [3.63, 3.8) is 0 Å². The third kappa shape index (κ3) is 7.68. The standard InChI is InChI=1S/C25H27ClF3N3O2S/c1-3-10-32(11-4-2)12-13-34-19-7-5-6-18(15-19)30-23(33)22-16-35-24(31-22)20-9-8-17(14-21(20)26)25(27,28)29/h5-9,14-16H,3-4,10-13H2,1-2H3,(H,30,33). The molecular weight excluding hydrogens is 499 g/mol. The molecule has 5 nitrogen and oxygen atoms in total. The van der Waals surface area contributed by atoms with Gasteiger partial charge in [-0.05, 0) is 56.3 Å². The molecule has 0 aliphatic heterocycles. The molecule has 3 rings (SSSR count). The first-order valence-electron chi connectivity index (χ1n) is 11.3. The molecule has 0 unspecified atom stereocenters. The maximum Gasteiger partial charge on any atom is 0.416 e. The van der Waals surface area contributed by atoms with Crippen LogP contribution in [-0.2, 0) is 6.18 Å². The van der Waals surface area contributed by atoms with Gasteiger partial charge in [0.2, 0.25) is 0 Å². The van der Waals surface area contributed by atoms with Crippen LogP contribution >= 0.6 is 22.9 Å². The Bertz CT molecular complexity index is 1130. The number of nitrogens with one attached hydrogen (secondary N) is 1. The van der Waals surface area contributed by atoms with E-state index in [0.717, 1.165) is 55.9 Å². The van der Waals surface area contributed by atoms with Crippen LogP contribution in [0.3, 0.4) is 0 Å². The van der Waals surface area contributed by atoms with Crippen LogP contribution in [0.2, 0.25) is 5.02 Å². The number of anilines is 1. The number of carbonyl (C=O) groups excluding carboxylic acids is 1. The molecule has 10 heteroatoms. The highest BCUT2D eigenvalue weighted by atomic mass is 35.5. The Balaban J connectivity index is 1.62. The van der Waals surface area contributed by atoms with Crippen LogP contribution in [-0.4, -0.2) is 42.0 Å². The molecular formula is C25H27ClF3N3O2S. The van der Waals surface area contributed by atoms with Gasteiger partial charge in [-0.1, -0.05) is 31.5 Å². The van der Waals surface area contributed by atoms with Gasteiger partial charge in [-0.25, -0.2) is 4.98 Å². The highest BCUT2D eigenvalue weighted by molar-refractivity contribution is 7.13. The summed E-state index contributed by atoms with van der Waals surface area (Å²) in [4.78, 5) is 19.3. The van der Waals surface area contributed by atoms with Crippen LogP contribution in [0.4, 0.5) is 18.9 Å². The van der Waals surface area contributed by atoms with E-state index in [4.69, 9.17) is 16.3 Å². The Labute approximate surface area is 211 Å². The number of nitrogens with zero attached hydrogens (tertiary/aromatic N) is 2. The van der Waals surface area contributed by atoms with Crippen molar-refractivity contribution in [2.45, 2.75) is 32.9 Å². The quantitative estimate of drug-likeness (QED) is 0.287. The summed E-state index contributed by atoms with van der Waals surface area (Å²) in [7, 11) is 0. The number of alkyl halides is 3. The van der Waals surface area contributed by atoms with Crippen molar-refractivity contribution in [3.05, 3.63) is 64.1 Å². The number of thiazole rings is 1. The van der Waals surface area contributed by atoms with Gasteiger partial charge in [0.1, 0.15) is 23.1 Å². The number of halogens is 4. The lowest BCUT2D eigenvalue weighted by atomic mass is 10.1. The molecule has 0 radical (unpaired) electrons. The molecule has 1 heterocycles. The van der Waals surface area contributed by atoms with Crippen LogP contribution in [0.25, 0.3) is 10.6 Å². The average Bonchev–Trinajstić information content (AvgIpc) is 3.29. The number of hydrogen-bond acceptors (Lipinski definition) is 5. The summed E-state index contributed by atoms with van der Waals surface area (Å²) in [5, 5.41) is 4.59. The first-order valence-corrected chi connectivity index (χ1v) is 12.6. The third-order valence-electron chi connectivity index (χ3n) is 5.11. The predicted octanol–water partition coefficient (Wildman–Crippen LogP) is 7.24. The van der Waals surface area contributed by atoms with Crippen molar-refractivity contribution in [2.24, 2.45) is 0 Å². The van der Waals surface area contributed by atoms with E-state index in [1.54, 1.807) is 18.2 Å². The molecule has 0 fully saturated rings. The third-order valence-corrected chi connectivity index (χ3v) is 6.30. The summed E-state index contributed by atoms with van der Waals surface area (Å²) in [6, 6.07) is 10.1. The van der Waals surface area contributed by atoms with Gasteiger partial charge in [0, 0.05) is 29.2 Å². The minimum Gasteiger partial charge on any atom is -0.492 e. The zero-order chi connectivity index (χ0) is 25.4. The van der Waals surface area contributed by atoms with E-state index in [-0.39, 0.29) is 10.7 Å². The first kappa shape index (κ1) is 27.0. The number of carbonyl (C=O) groups is 1. The van der Waals surface area contributed by atoms with Crippen molar-refractivity contribution in [2.75, 3.05) is 31.6 Å². The Morgan fingerprint density at radius 1 is 1.11 bits per heavy atom. The van der Waals surface area contributed by atoms with E-state index in [2.05, 4.69) is 29.0 Å². The molecule has 0 aliphatic rings. The molecule has 1 aromatic heterocycles. The fourth-order valence-electron chi connectivity index (χ4n) is 3.49. The Morgan fingerprint density at radius 2 is 1.86 bits per heavy atom. The maximum absolute atomic E-state index is 12.9. The topological polar surface area (TPSA) is 54.5 Å². The molecule has 188 valence electrons. The molecule has 2 aromatic carbocycles. The largest absolute Gasteiger partial charge is 0.492 e. The summed E-state index contributed by atoms with van der Waals surface area (Å²) in [5.41, 5.74) is 0.182. The van der Waals surface area contributed by atoms with Gasteiger partial charge >= 0.3 is 6.18 Å². The smallest absolute Gasteiger partial charge is 0.416 e. The predicted molar refractivity (Wildman–Crippen MR) is 134 cm³/mol. The fourth-order valence-corrected chi connectivity index (χ4v) is 4.65. The summed E-state index contributed by atoms with van der Waals surface area (Å²) < 4.78 is 44.5. The SMILES string of the molecule is CCCN(CCC)CCOc1cccc(NC(=O)c2csc(-c3ccc(C(F)(F)F)cc3Cl)n2)c1. The number of rotatable bonds is 11. The second-order valence-electron chi connectivity index (χ2n) is 7.90. The molecule has 1 N–H and O–H groups in total. The molecule has 0 atom stereocenters. The summed E-state index contributed by atoms with van der Waals surface area (Å²) >= 11 is 7.18. The average molecular weight is 526 g/mol. The highest BCUT2D eigenvalue weighted by Crippen LogP contribution is 2.36. The second kappa shape index (κ2) is 12.4. The van der Waals surface area contributed by atoms with Gasteiger partial charge in [0.15, 0.2) is 0 Å². The Kier molecular flexibility index (Phi) is 9.54. The molecule has 35 heavy (non-hydrogen) atoms. The molecule has 0 spiro atoms. The molecule has 0 saturated carbocycles. The number of hydrogen-bond donors (Lipinski definition) is 1. The van der Waals surface area contributed by atoms with Crippen LogP contribution in [0.1, 0.15) is 42.7 Å². The van der Waals surface area contributed by atoms with Crippen LogP contribution in [0, 0.1) is 0 Å². The van der Waals surface area contributed by atoms with Gasteiger partial charge in [0.25, 0.3) is 5.91 Å². The zero-order valence-electron chi connectivity index (χ0n) is 19.5. The van der Waals surface area contributed by atoms with E-state index in [0.29, 0.717) is 28.6 Å². The normalized spacial score (nSPS) is 11.6. The number of aromatic nitrogens is 1. The number of amides is 1. The lowest BCUT2D eigenvalue weighted by Gasteiger charge is -2.21. The molecule has 0 bridgehead atoms. The second-order valence-corrected chi connectivity index (χ2v) is 9.17. The monoisotopic (exact) mass is 525 g/mol. The van der Waals surface area contributed by atoms with E-state index in [1.165, 1.54) is 11.4 Å². The maximum atomic E-state index is 12.9. The van der Waals surface area contributed by atoms with Crippen LogP contribution in [0.15, 0.2) is 47.8 Å². The minimum atomic E-state index is -4.49. The van der Waals surface area contributed by atoms with Crippen molar-refractivity contribution in [1.29, 1.82) is 0 Å². The molecule has 0 saturated heterocycles. The lowest BCUT2D eigenvalue weighted by molar-refractivity contribution is -0.137. The first-order chi connectivity index (χ1) is 16.7. The van der Waals surface area contributed by atoms with Gasteiger partial charge < -0.3 is 10.1 Å². The van der Waals surface area contributed by atoms with E-state index >= 15 is 0 Å². The van der Waals surface area contributed by atoms with Crippen LogP contribution in [0.5, 0.6) is 5.75 Å². The molecule has 3 aromatic rings. The van der Waals surface area contributed by atoms with Crippen molar-refractivity contribution >= 4 is 34.5 Å². The van der Waals surface area contributed by atoms with Gasteiger partial charge in [-0.2, -0.15) is 13.2 Å². The zero-order valence-corrected chi connectivity index (χ0v) is 21.1. The molecule has 0 aliphatic carbocycles. The summed E-state index contributed by atoms with van der Waals surface area (Å²) in [6.45, 7) is 7.73. The Morgan fingerprint density at radius 3 is 2.51 bits per heavy atom. The lowest BCUT2D eigenvalue weighted by Crippen LogP contribution is -2.30. The van der Waals surface area contributed by atoms with Gasteiger partial charge in [-0.15, -0.1) is 11.3 Å². The van der Waals surface area contributed by atoms with Crippen molar-refractivity contribution in [1.82, 2.24) is 9.88 Å². The van der Waals surface area contributed by atoms with Crippen molar-refractivity contribution < 1.29 is 22.7 Å². The van der Waals surface area contributed by atoms with E-state index in [1.807, 2.05) is 6.07 Å². The van der Waals surface area contributed by atoms with Gasteiger partial charge in [0.05, 0.1) is 10.6 Å². The summed E-state index contributed by atoms with van der Waals surface area (Å²) in [5.74, 6) is 0.205. The van der Waals surface area contributed by atoms with Crippen molar-refractivity contribution in [3.8, 4) is 16.3 Å². The summed E-state index contributed by atoms with van der Waals surface area (Å²) in [6.07, 6.45) is -2.31. The minimum absolute atomic E-state index is 0.0811. The molecule has 1 amide bonds. The highest BCUT2D eigenvalue weighted by Gasteiger charge is 2.31. The van der Waals surface area contributed by atoms with Gasteiger partial charge in [-0.3, -0.25) is 9.69 Å². The fraction of sp³-hybridized carbons (Fsp3) is 0.360. The number of benzene rings is 2. The van der Waals surface area contributed by atoms with Crippen LogP contribution < -0.4 is 10.1 Å². The van der Waals surface area contributed by atoms with E-state index < -0.39 is 17.6 Å². The number of ether oxygens (including phenoxy) is 1.